The maximum absolute atomic E-state index is 13.2. The minimum absolute atomic E-state index is 0.273. The number of rotatable bonds is 4. The third-order valence-corrected chi connectivity index (χ3v) is 4.61. The van der Waals surface area contributed by atoms with Gasteiger partial charge in [0, 0.05) is 10.7 Å². The number of carbonyl (C=O) groups is 3. The lowest BCUT2D eigenvalue weighted by Crippen LogP contribution is -2.43. The number of nitrogens with zero attached hydrogens (tertiary/aromatic N) is 4. The summed E-state index contributed by atoms with van der Waals surface area (Å²) in [5.41, 5.74) is 0.641. The lowest BCUT2D eigenvalue weighted by atomic mass is 10.1. The molecule has 2 aliphatic heterocycles. The van der Waals surface area contributed by atoms with Crippen molar-refractivity contribution in [1.29, 1.82) is 0 Å². The number of imide groups is 1. The first kappa shape index (κ1) is 18.1. The van der Waals surface area contributed by atoms with Crippen LogP contribution >= 0.6 is 11.6 Å². The second kappa shape index (κ2) is 7.01. The zero-order chi connectivity index (χ0) is 19.8. The molecule has 0 radical (unpaired) electrons. The SMILES string of the molecule is O=C(CN1N=N[C@H]2C(=O)N(c3ccc(Cl)cc3)C(=O)[C@H]21)Nc1cccc(F)c1. The molecule has 2 heterocycles. The van der Waals surface area contributed by atoms with Crippen molar-refractivity contribution in [3.63, 3.8) is 0 Å². The first-order chi connectivity index (χ1) is 13.4. The molecule has 8 nitrogen and oxygen atoms in total. The van der Waals surface area contributed by atoms with Crippen LogP contribution in [0.4, 0.5) is 15.8 Å². The molecule has 1 saturated heterocycles. The fourth-order valence-corrected chi connectivity index (χ4v) is 3.24. The van der Waals surface area contributed by atoms with Crippen molar-refractivity contribution in [2.24, 2.45) is 10.3 Å². The fourth-order valence-electron chi connectivity index (χ4n) is 3.11. The summed E-state index contributed by atoms with van der Waals surface area (Å²) in [5, 5.41) is 11.8. The van der Waals surface area contributed by atoms with Crippen LogP contribution in [-0.4, -0.2) is 41.4 Å². The van der Waals surface area contributed by atoms with Gasteiger partial charge in [0.2, 0.25) is 5.91 Å². The Hall–Kier alpha value is -3.33. The van der Waals surface area contributed by atoms with E-state index in [0.717, 1.165) is 9.91 Å². The number of benzene rings is 2. The van der Waals surface area contributed by atoms with Crippen LogP contribution in [0.5, 0.6) is 0 Å². The summed E-state index contributed by atoms with van der Waals surface area (Å²) in [7, 11) is 0. The van der Waals surface area contributed by atoms with E-state index in [1.165, 1.54) is 24.3 Å². The van der Waals surface area contributed by atoms with Gasteiger partial charge in [0.1, 0.15) is 12.4 Å². The summed E-state index contributed by atoms with van der Waals surface area (Å²) in [6.07, 6.45) is 0. The first-order valence-electron chi connectivity index (χ1n) is 8.30. The molecule has 3 amide bonds. The summed E-state index contributed by atoms with van der Waals surface area (Å²) in [6, 6.07) is 9.64. The number of hydrogen-bond acceptors (Lipinski definition) is 6. The van der Waals surface area contributed by atoms with Gasteiger partial charge < -0.3 is 5.32 Å². The lowest BCUT2D eigenvalue weighted by Gasteiger charge is -2.20. The molecular weight excluding hydrogens is 389 g/mol. The predicted octanol–water partition coefficient (Wildman–Crippen LogP) is 2.41. The highest BCUT2D eigenvalue weighted by molar-refractivity contribution is 6.31. The molecule has 0 spiro atoms. The second-order valence-electron chi connectivity index (χ2n) is 6.24. The van der Waals surface area contributed by atoms with Crippen LogP contribution < -0.4 is 10.2 Å². The molecule has 142 valence electrons. The largest absolute Gasteiger partial charge is 0.324 e. The monoisotopic (exact) mass is 401 g/mol. The number of anilines is 2. The first-order valence-corrected chi connectivity index (χ1v) is 8.68. The topological polar surface area (TPSA) is 94.4 Å². The highest BCUT2D eigenvalue weighted by atomic mass is 35.5. The van der Waals surface area contributed by atoms with Crippen LogP contribution in [0.3, 0.4) is 0 Å². The van der Waals surface area contributed by atoms with Gasteiger partial charge in [0.05, 0.1) is 5.69 Å². The van der Waals surface area contributed by atoms with Crippen LogP contribution in [0.15, 0.2) is 58.9 Å². The summed E-state index contributed by atoms with van der Waals surface area (Å²) >= 11 is 5.85. The van der Waals surface area contributed by atoms with Crippen molar-refractivity contribution in [2.45, 2.75) is 12.1 Å². The highest BCUT2D eigenvalue weighted by Gasteiger charge is 2.55. The van der Waals surface area contributed by atoms with Gasteiger partial charge in [0.25, 0.3) is 11.8 Å². The molecule has 0 aromatic heterocycles. The fraction of sp³-hybridized carbons (Fsp3) is 0.167. The average molecular weight is 402 g/mol. The van der Waals surface area contributed by atoms with Gasteiger partial charge in [-0.2, -0.15) is 5.11 Å². The Morgan fingerprint density at radius 1 is 1.14 bits per heavy atom. The van der Waals surface area contributed by atoms with Gasteiger partial charge in [-0.1, -0.05) is 22.9 Å². The predicted molar refractivity (Wildman–Crippen MR) is 98.1 cm³/mol. The van der Waals surface area contributed by atoms with E-state index in [2.05, 4.69) is 15.7 Å². The van der Waals surface area contributed by atoms with Gasteiger partial charge in [-0.05, 0) is 42.5 Å². The Bertz CT molecular complexity index is 997. The average Bonchev–Trinajstić information content (AvgIpc) is 3.16. The third-order valence-electron chi connectivity index (χ3n) is 4.36. The maximum Gasteiger partial charge on any atom is 0.263 e. The van der Waals surface area contributed by atoms with Gasteiger partial charge in [0.15, 0.2) is 12.1 Å². The number of carbonyl (C=O) groups excluding carboxylic acids is 3. The van der Waals surface area contributed by atoms with Crippen molar-refractivity contribution >= 4 is 40.7 Å². The van der Waals surface area contributed by atoms with Gasteiger partial charge in [-0.15, -0.1) is 0 Å². The molecule has 4 rings (SSSR count). The van der Waals surface area contributed by atoms with E-state index in [0.29, 0.717) is 10.7 Å². The van der Waals surface area contributed by atoms with Crippen LogP contribution in [0.25, 0.3) is 0 Å². The Morgan fingerprint density at radius 2 is 1.89 bits per heavy atom. The van der Waals surface area contributed by atoms with Crippen molar-refractivity contribution in [2.75, 3.05) is 16.8 Å². The summed E-state index contributed by atoms with van der Waals surface area (Å²) in [5.74, 6) is -2.06. The molecule has 0 unspecified atom stereocenters. The Morgan fingerprint density at radius 3 is 2.61 bits per heavy atom. The molecule has 2 aromatic rings. The molecule has 28 heavy (non-hydrogen) atoms. The number of fused-ring (bicyclic) bond motifs is 1. The van der Waals surface area contributed by atoms with Gasteiger partial charge in [-0.25, -0.2) is 9.29 Å². The normalized spacial score (nSPS) is 20.6. The molecule has 2 aromatic carbocycles. The molecule has 0 aliphatic carbocycles. The summed E-state index contributed by atoms with van der Waals surface area (Å²) < 4.78 is 13.2. The molecule has 1 N–H and O–H groups in total. The highest BCUT2D eigenvalue weighted by Crippen LogP contribution is 2.32. The van der Waals surface area contributed by atoms with Crippen LogP contribution in [0, 0.1) is 5.82 Å². The molecule has 1 fully saturated rings. The number of amides is 3. The van der Waals surface area contributed by atoms with E-state index >= 15 is 0 Å². The van der Waals surface area contributed by atoms with Crippen LogP contribution in [0.2, 0.25) is 5.02 Å². The maximum atomic E-state index is 13.2. The Balaban J connectivity index is 1.48. The van der Waals surface area contributed by atoms with Gasteiger partial charge >= 0.3 is 0 Å². The summed E-state index contributed by atoms with van der Waals surface area (Å²) in [4.78, 5) is 38.7. The lowest BCUT2D eigenvalue weighted by molar-refractivity contribution is -0.123. The quantitative estimate of drug-likeness (QED) is 0.796. The zero-order valence-electron chi connectivity index (χ0n) is 14.3. The standard InChI is InChI=1S/C18H13ClFN5O3/c19-10-4-6-13(7-5-10)25-17(27)15-16(18(25)28)24(23-22-15)9-14(26)21-12-3-1-2-11(20)8-12/h1-8,15-16H,9H2,(H,21,26)/t15-,16+/m1/s1. The van der Waals surface area contributed by atoms with Gasteiger partial charge in [-0.3, -0.25) is 19.4 Å². The van der Waals surface area contributed by atoms with Crippen molar-refractivity contribution < 1.29 is 18.8 Å². The molecule has 0 saturated carbocycles. The molecule has 10 heteroatoms. The van der Waals surface area contributed by atoms with Crippen molar-refractivity contribution in [3.05, 3.63) is 59.4 Å². The van der Waals surface area contributed by atoms with Crippen molar-refractivity contribution in [3.8, 4) is 0 Å². The minimum atomic E-state index is -1.01. The smallest absolute Gasteiger partial charge is 0.263 e. The van der Waals surface area contributed by atoms with E-state index in [1.807, 2.05) is 0 Å². The molecule has 2 aliphatic rings. The number of halogens is 2. The molecule has 0 bridgehead atoms. The minimum Gasteiger partial charge on any atom is -0.324 e. The molecule has 2 atom stereocenters. The van der Waals surface area contributed by atoms with Crippen LogP contribution in [0.1, 0.15) is 0 Å². The van der Waals surface area contributed by atoms with E-state index < -0.39 is 35.6 Å². The van der Waals surface area contributed by atoms with E-state index in [1.54, 1.807) is 24.3 Å². The van der Waals surface area contributed by atoms with Crippen molar-refractivity contribution in [1.82, 2.24) is 5.01 Å². The second-order valence-corrected chi connectivity index (χ2v) is 6.68. The van der Waals surface area contributed by atoms with E-state index in [-0.39, 0.29) is 12.2 Å². The molecular formula is C18H13ClFN5O3. The Kier molecular flexibility index (Phi) is 4.52. The number of nitrogens with one attached hydrogen (secondary N) is 1. The Labute approximate surface area is 163 Å². The number of hydrogen-bond donors (Lipinski definition) is 1. The van der Waals surface area contributed by atoms with E-state index in [9.17, 15) is 18.8 Å². The third kappa shape index (κ3) is 3.20. The van der Waals surface area contributed by atoms with E-state index in [4.69, 9.17) is 11.6 Å². The summed E-state index contributed by atoms with van der Waals surface area (Å²) in [6.45, 7) is -0.311. The van der Waals surface area contributed by atoms with Crippen LogP contribution in [-0.2, 0) is 14.4 Å². The zero-order valence-corrected chi connectivity index (χ0v) is 15.0.